The number of nitrogens with one attached hydrogen (secondary N) is 1. The summed E-state index contributed by atoms with van der Waals surface area (Å²) in [6.45, 7) is 12.1. The Hall–Kier alpha value is -8.63. The summed E-state index contributed by atoms with van der Waals surface area (Å²) in [5.41, 5.74) is 16.9. The van der Waals surface area contributed by atoms with Crippen LogP contribution in [0.4, 0.5) is 5.69 Å². The smallest absolute Gasteiger partial charge is 0.163 e. The Morgan fingerprint density at radius 1 is 0.693 bits per heavy atom. The summed E-state index contributed by atoms with van der Waals surface area (Å²) in [4.78, 5) is 8.80. The summed E-state index contributed by atoms with van der Waals surface area (Å²) in [6.07, 6.45) is 5.32. The number of phenols is 1. The number of nitrogens with zero attached hydrogens (tertiary/aromatic N) is 3. The van der Waals surface area contributed by atoms with E-state index in [1.165, 1.54) is 41.4 Å². The third kappa shape index (κ3) is 9.15. The number of aromatic hydroxyl groups is 1. The Kier molecular flexibility index (Phi) is 13.4. The highest BCUT2D eigenvalue weighted by Gasteiger charge is 2.32. The van der Waals surface area contributed by atoms with Gasteiger partial charge in [-0.25, -0.2) is 9.98 Å². The van der Waals surface area contributed by atoms with E-state index in [9.17, 15) is 5.11 Å². The summed E-state index contributed by atoms with van der Waals surface area (Å²) in [7, 11) is 0. The molecule has 1 aliphatic rings. The zero-order valence-electron chi connectivity index (χ0n) is 42.2. The van der Waals surface area contributed by atoms with Gasteiger partial charge in [-0.3, -0.25) is 5.41 Å². The van der Waals surface area contributed by atoms with Crippen molar-refractivity contribution in [2.75, 3.05) is 5.73 Å². The van der Waals surface area contributed by atoms with Crippen LogP contribution in [0.25, 0.3) is 79.0 Å². The van der Waals surface area contributed by atoms with Crippen molar-refractivity contribution in [1.29, 1.82) is 5.41 Å². The Labute approximate surface area is 444 Å². The molecule has 0 spiro atoms. The maximum atomic E-state index is 11.0. The molecule has 3 aromatic heterocycles. The molecule has 9 aromatic carbocycles. The zero-order chi connectivity index (χ0) is 51.7. The summed E-state index contributed by atoms with van der Waals surface area (Å²) >= 11 is 3.53. The fourth-order valence-corrected chi connectivity index (χ4v) is 12.8. The van der Waals surface area contributed by atoms with E-state index >= 15 is 0 Å². The van der Waals surface area contributed by atoms with Gasteiger partial charge in [0.1, 0.15) is 11.9 Å². The number of benzene rings is 9. The number of fused-ring (bicyclic) bond motifs is 10. The summed E-state index contributed by atoms with van der Waals surface area (Å²) in [5.74, 6) is 1.85. The number of phenolic OH excluding ortho intramolecular Hbond substituents is 1. The summed E-state index contributed by atoms with van der Waals surface area (Å²) < 4.78 is 13.1. The summed E-state index contributed by atoms with van der Waals surface area (Å²) in [5, 5.41) is 26.8. The largest absolute Gasteiger partial charge is 0.504 e. The van der Waals surface area contributed by atoms with Crippen molar-refractivity contribution in [1.82, 2.24) is 4.57 Å². The van der Waals surface area contributed by atoms with E-state index in [2.05, 4.69) is 169 Å². The first-order valence-corrected chi connectivity index (χ1v) is 26.8. The van der Waals surface area contributed by atoms with Gasteiger partial charge in [-0.15, -0.1) is 22.7 Å². The predicted octanol–water partition coefficient (Wildman–Crippen LogP) is 17.8. The second-order valence-corrected chi connectivity index (χ2v) is 20.9. The molecule has 0 saturated carbocycles. The molecule has 7 nitrogen and oxygen atoms in total. The predicted molar refractivity (Wildman–Crippen MR) is 322 cm³/mol. The van der Waals surface area contributed by atoms with Gasteiger partial charge in [0.2, 0.25) is 0 Å². The minimum Gasteiger partial charge on any atom is -0.504 e. The van der Waals surface area contributed by atoms with Crippen molar-refractivity contribution < 1.29 is 9.84 Å². The molecule has 0 saturated heterocycles. The van der Waals surface area contributed by atoms with Gasteiger partial charge in [-0.05, 0) is 123 Å². The van der Waals surface area contributed by atoms with Crippen molar-refractivity contribution in [3.05, 3.63) is 228 Å². The molecular formula is C66H55N5O2S2. The normalized spacial score (nSPS) is 14.3. The minimum absolute atomic E-state index is 0.119. The van der Waals surface area contributed by atoms with Gasteiger partial charge in [0, 0.05) is 79.4 Å². The molecule has 13 rings (SSSR count). The Bertz CT molecular complexity index is 4220. The number of amidine groups is 2. The third-order valence-corrected chi connectivity index (χ3v) is 16.4. The molecule has 2 atom stereocenters. The first-order valence-electron chi connectivity index (χ1n) is 25.2. The molecule has 4 heterocycles. The maximum Gasteiger partial charge on any atom is 0.163 e. The maximum absolute atomic E-state index is 11.0. The lowest BCUT2D eigenvalue weighted by atomic mass is 9.92. The van der Waals surface area contributed by atoms with Crippen LogP contribution in [-0.4, -0.2) is 34.2 Å². The van der Waals surface area contributed by atoms with Crippen molar-refractivity contribution in [2.24, 2.45) is 9.98 Å². The molecule has 368 valence electrons. The second kappa shape index (κ2) is 20.7. The van der Waals surface area contributed by atoms with Gasteiger partial charge < -0.3 is 20.1 Å². The third-order valence-electron chi connectivity index (χ3n) is 14.0. The molecule has 1 aliphatic heterocycles. The number of hydrogen-bond donors (Lipinski definition) is 3. The number of aliphatic imine (C=N–C) groups is 2. The molecule has 0 radical (unpaired) electrons. The first-order chi connectivity index (χ1) is 36.6. The molecule has 0 bridgehead atoms. The summed E-state index contributed by atoms with van der Waals surface area (Å²) in [6, 6.07) is 64.5. The number of aromatic nitrogens is 1. The fraction of sp³-hybridized carbons (Fsp3) is 0.106. The van der Waals surface area contributed by atoms with Crippen LogP contribution in [0, 0.1) is 19.3 Å². The monoisotopic (exact) mass is 1010 g/mol. The molecular weight excluding hydrogens is 959 g/mol. The number of allylic oxidation sites excluding steroid dienone is 1. The zero-order valence-corrected chi connectivity index (χ0v) is 43.8. The fourth-order valence-electron chi connectivity index (χ4n) is 10.4. The highest BCUT2D eigenvalue weighted by atomic mass is 32.1. The number of aryl methyl sites for hydroxylation is 2. The molecule has 12 aromatic rings. The van der Waals surface area contributed by atoms with Gasteiger partial charge in [-0.2, -0.15) is 0 Å². The van der Waals surface area contributed by atoms with Crippen LogP contribution in [0.2, 0.25) is 0 Å². The average molecular weight is 1010 g/mol. The van der Waals surface area contributed by atoms with Gasteiger partial charge in [0.25, 0.3) is 0 Å². The number of hydrogen-bond acceptors (Lipinski definition) is 6. The van der Waals surface area contributed by atoms with Crippen molar-refractivity contribution in [3.8, 4) is 28.3 Å². The van der Waals surface area contributed by atoms with E-state index in [1.54, 1.807) is 17.4 Å². The van der Waals surface area contributed by atoms with Crippen LogP contribution in [0.15, 0.2) is 210 Å². The number of nitrogens with two attached hydrogens (primary N) is 1. The minimum atomic E-state index is 0.119. The van der Waals surface area contributed by atoms with Crippen molar-refractivity contribution in [2.45, 2.75) is 46.1 Å². The van der Waals surface area contributed by atoms with E-state index in [0.717, 1.165) is 77.6 Å². The molecule has 0 fully saturated rings. The Morgan fingerprint density at radius 3 is 2.05 bits per heavy atom. The molecule has 0 amide bonds. The first kappa shape index (κ1) is 48.6. The number of rotatable bonds is 6. The van der Waals surface area contributed by atoms with Crippen LogP contribution >= 0.6 is 22.7 Å². The van der Waals surface area contributed by atoms with Crippen molar-refractivity contribution in [3.63, 3.8) is 0 Å². The lowest BCUT2D eigenvalue weighted by molar-refractivity contribution is 0.215. The molecule has 9 heteroatoms. The number of thiophene rings is 2. The average Bonchev–Trinajstić information content (AvgIpc) is 4.22. The van der Waals surface area contributed by atoms with E-state index in [-0.39, 0.29) is 23.6 Å². The Morgan fingerprint density at radius 2 is 1.36 bits per heavy atom. The molecule has 0 aliphatic carbocycles. The van der Waals surface area contributed by atoms with E-state index in [4.69, 9.17) is 15.9 Å². The van der Waals surface area contributed by atoms with Gasteiger partial charge in [0.05, 0.1) is 16.7 Å². The lowest BCUT2D eigenvalue weighted by Crippen LogP contribution is -2.15. The SMILES string of the molecule is C=NC(=NC(=N)c1cccc2c1sc1ccccc12)c1ccc2c(c1)C(/C=C\C)C(CC)O2.Cc1cccc(-n2c3ccc(-c4cccc5c4sc4ccccc45)cc3c3ccc(N)c(O)c32)c1.Cc1ccccc1. The van der Waals surface area contributed by atoms with Crippen LogP contribution < -0.4 is 10.5 Å². The number of nitrogen functional groups attached to an aromatic ring is 1. The molecule has 2 unspecified atom stereocenters. The Balaban J connectivity index is 0.000000142. The molecule has 75 heavy (non-hydrogen) atoms. The van der Waals surface area contributed by atoms with Crippen LogP contribution in [0.3, 0.4) is 0 Å². The lowest BCUT2D eigenvalue weighted by Gasteiger charge is -2.13. The van der Waals surface area contributed by atoms with E-state index in [0.29, 0.717) is 11.5 Å². The standard InChI is InChI=1S/C31H22N2OS.C28H25N3OS.C7H8/c1-18-6-4-7-20(16-18)33-27-15-12-19(17-25(27)23-13-14-26(32)30(34)29(23)33)21-9-5-10-24-22-8-2-3-11-28(22)35-31(21)24;1-4-9-18-22-16-17(14-15-24(22)32-23(18)5-2)28(30-3)31-27(29)21-12-8-11-20-19-10-6-7-13-25(19)33-26(20)21;1-7-5-3-2-4-6-7/h2-17,34H,32H2,1H3;4,6-16,18,23,29H,3,5H2,1-2H3;2-6H,1H3/b;9-4-,29-27?,31-28?;. The van der Waals surface area contributed by atoms with Gasteiger partial charge in [0.15, 0.2) is 17.4 Å². The van der Waals surface area contributed by atoms with Gasteiger partial charge >= 0.3 is 0 Å². The van der Waals surface area contributed by atoms with Crippen molar-refractivity contribution >= 4 is 109 Å². The van der Waals surface area contributed by atoms with Crippen LogP contribution in [0.5, 0.6) is 11.5 Å². The highest BCUT2D eigenvalue weighted by molar-refractivity contribution is 7.26. The highest BCUT2D eigenvalue weighted by Crippen LogP contribution is 2.45. The van der Waals surface area contributed by atoms with E-state index < -0.39 is 0 Å². The van der Waals surface area contributed by atoms with Gasteiger partial charge in [-0.1, -0.05) is 140 Å². The van der Waals surface area contributed by atoms with Crippen LogP contribution in [-0.2, 0) is 0 Å². The topological polar surface area (TPSA) is 109 Å². The number of anilines is 1. The number of ether oxygens (including phenoxy) is 1. The van der Waals surface area contributed by atoms with E-state index in [1.807, 2.05) is 85.0 Å². The second-order valence-electron chi connectivity index (χ2n) is 18.8. The van der Waals surface area contributed by atoms with Crippen LogP contribution in [0.1, 0.15) is 54.0 Å². The molecule has 4 N–H and O–H groups in total. The quantitative estimate of drug-likeness (QED) is 0.0507.